The molecule has 0 unspecified atom stereocenters. The number of sulfone groups is 1. The molecule has 0 radical (unpaired) electrons. The molecule has 0 N–H and O–H groups in total. The van der Waals surface area contributed by atoms with Gasteiger partial charge in [-0.25, -0.2) is 13.2 Å². The molecule has 0 heterocycles. The summed E-state index contributed by atoms with van der Waals surface area (Å²) >= 11 is 0. The Morgan fingerprint density at radius 3 is 2.53 bits per heavy atom. The van der Waals surface area contributed by atoms with Gasteiger partial charge in [-0.2, -0.15) is 0 Å². The third-order valence-corrected chi connectivity index (χ3v) is 3.46. The Kier molecular flexibility index (Phi) is 5.75. The van der Waals surface area contributed by atoms with E-state index in [2.05, 4.69) is 11.3 Å². The zero-order valence-corrected chi connectivity index (χ0v) is 11.0. The molecule has 0 bridgehead atoms. The van der Waals surface area contributed by atoms with Gasteiger partial charge in [-0.1, -0.05) is 43.0 Å². The number of benzene rings is 1. The van der Waals surface area contributed by atoms with Gasteiger partial charge in [-0.3, -0.25) is 0 Å². The first-order valence-corrected chi connectivity index (χ1v) is 7.03. The summed E-state index contributed by atoms with van der Waals surface area (Å²) in [6.07, 6.45) is 5.17. The summed E-state index contributed by atoms with van der Waals surface area (Å²) in [5, 5.41) is 1.03. The molecule has 0 saturated heterocycles. The van der Waals surface area contributed by atoms with Gasteiger partial charge in [0.2, 0.25) is 0 Å². The third-order valence-electron chi connectivity index (χ3n) is 2.02. The molecule has 0 atom stereocenters. The fraction of sp³-hybridized carbons (Fsp3) is 0.0714. The first-order chi connectivity index (χ1) is 9.06. The molecule has 19 heavy (non-hydrogen) atoms. The Bertz CT molecular complexity index is 583. The van der Waals surface area contributed by atoms with E-state index in [9.17, 15) is 13.2 Å². The lowest BCUT2D eigenvalue weighted by molar-refractivity contribution is -0.136. The van der Waals surface area contributed by atoms with Gasteiger partial charge < -0.3 is 4.74 Å². The van der Waals surface area contributed by atoms with Gasteiger partial charge in [0.05, 0.1) is 4.90 Å². The van der Waals surface area contributed by atoms with Gasteiger partial charge in [0.1, 0.15) is 6.61 Å². The number of rotatable bonds is 6. The molecular formula is C14H14O4S. The molecule has 0 saturated carbocycles. The minimum atomic E-state index is -3.48. The molecule has 0 amide bonds. The van der Waals surface area contributed by atoms with Gasteiger partial charge in [0.15, 0.2) is 9.84 Å². The molecule has 5 heteroatoms. The van der Waals surface area contributed by atoms with E-state index in [1.54, 1.807) is 18.2 Å². The molecule has 0 aliphatic carbocycles. The van der Waals surface area contributed by atoms with Crippen LogP contribution in [0.3, 0.4) is 0 Å². The zero-order chi connectivity index (χ0) is 14.1. The molecule has 100 valence electrons. The normalized spacial score (nSPS) is 11.8. The zero-order valence-electron chi connectivity index (χ0n) is 10.2. The maximum absolute atomic E-state index is 11.8. The van der Waals surface area contributed by atoms with Crippen LogP contribution in [0.25, 0.3) is 0 Å². The highest BCUT2D eigenvalue weighted by atomic mass is 32.2. The maximum atomic E-state index is 11.8. The Labute approximate surface area is 112 Å². The van der Waals surface area contributed by atoms with Crippen LogP contribution < -0.4 is 0 Å². The summed E-state index contributed by atoms with van der Waals surface area (Å²) in [5.74, 6) is -0.554. The molecule has 0 aliphatic rings. The van der Waals surface area contributed by atoms with Crippen molar-refractivity contribution >= 4 is 15.8 Å². The summed E-state index contributed by atoms with van der Waals surface area (Å²) < 4.78 is 28.3. The van der Waals surface area contributed by atoms with Crippen LogP contribution in [0.5, 0.6) is 0 Å². The summed E-state index contributed by atoms with van der Waals surface area (Å²) in [4.78, 5) is 11.3. The molecule has 0 spiro atoms. The van der Waals surface area contributed by atoms with Crippen molar-refractivity contribution in [1.29, 1.82) is 0 Å². The number of esters is 1. The van der Waals surface area contributed by atoms with Crippen LogP contribution >= 0.6 is 0 Å². The van der Waals surface area contributed by atoms with Crippen LogP contribution in [0.15, 0.2) is 71.5 Å². The van der Waals surface area contributed by atoms with E-state index in [-0.39, 0.29) is 11.5 Å². The Balaban J connectivity index is 2.64. The number of hydrogen-bond acceptors (Lipinski definition) is 4. The van der Waals surface area contributed by atoms with E-state index < -0.39 is 15.8 Å². The molecule has 4 nitrogen and oxygen atoms in total. The van der Waals surface area contributed by atoms with Crippen molar-refractivity contribution < 1.29 is 17.9 Å². The van der Waals surface area contributed by atoms with Crippen LogP contribution in [0, 0.1) is 0 Å². The Morgan fingerprint density at radius 1 is 1.21 bits per heavy atom. The summed E-state index contributed by atoms with van der Waals surface area (Å²) in [6, 6.07) is 8.02. The largest absolute Gasteiger partial charge is 0.458 e. The van der Waals surface area contributed by atoms with Crippen molar-refractivity contribution in [3.8, 4) is 0 Å². The lowest BCUT2D eigenvalue weighted by atomic mass is 10.4. The molecule has 0 aliphatic heterocycles. The molecule has 1 aromatic rings. The number of allylic oxidation sites excluding steroid dienone is 2. The summed E-state index contributed by atoms with van der Waals surface area (Å²) in [6.45, 7) is 3.52. The standard InChI is InChI=1S/C14H14O4S/c1-2-11-18-14(15)10-6-7-12-19(16,17)13-8-4-3-5-9-13/h2-10,12H,1,11H2. The highest BCUT2D eigenvalue weighted by Crippen LogP contribution is 2.10. The third kappa shape index (κ3) is 5.35. The average Bonchev–Trinajstić information content (AvgIpc) is 2.42. The van der Waals surface area contributed by atoms with Gasteiger partial charge in [-0.05, 0) is 12.1 Å². The average molecular weight is 278 g/mol. The highest BCUT2D eigenvalue weighted by Gasteiger charge is 2.07. The topological polar surface area (TPSA) is 60.4 Å². The quantitative estimate of drug-likeness (QED) is 0.346. The van der Waals surface area contributed by atoms with Crippen LogP contribution in [-0.2, 0) is 19.4 Å². The summed E-state index contributed by atoms with van der Waals surface area (Å²) in [7, 11) is -3.48. The van der Waals surface area contributed by atoms with Crippen LogP contribution in [0.4, 0.5) is 0 Å². The minimum absolute atomic E-state index is 0.120. The minimum Gasteiger partial charge on any atom is -0.458 e. The predicted octanol–water partition coefficient (Wildman–Crippen LogP) is 2.26. The van der Waals surface area contributed by atoms with Gasteiger partial charge >= 0.3 is 5.97 Å². The Morgan fingerprint density at radius 2 is 1.89 bits per heavy atom. The molecule has 0 aromatic heterocycles. The fourth-order valence-corrected chi connectivity index (χ4v) is 2.15. The second kappa shape index (κ2) is 7.33. The molecule has 1 rings (SSSR count). The first-order valence-electron chi connectivity index (χ1n) is 5.49. The molecular weight excluding hydrogens is 264 g/mol. The SMILES string of the molecule is C=CCOC(=O)C=CC=CS(=O)(=O)c1ccccc1. The van der Waals surface area contributed by atoms with Crippen molar-refractivity contribution in [2.45, 2.75) is 4.90 Å². The first kappa shape index (κ1) is 14.9. The number of carbonyl (C=O) groups is 1. The lowest BCUT2D eigenvalue weighted by Gasteiger charge is -1.96. The van der Waals surface area contributed by atoms with Crippen LogP contribution in [-0.4, -0.2) is 21.0 Å². The lowest BCUT2D eigenvalue weighted by Crippen LogP contribution is -1.99. The van der Waals surface area contributed by atoms with E-state index in [0.29, 0.717) is 0 Å². The van der Waals surface area contributed by atoms with E-state index in [1.807, 2.05) is 0 Å². The van der Waals surface area contributed by atoms with Crippen LogP contribution in [0.1, 0.15) is 0 Å². The van der Waals surface area contributed by atoms with Gasteiger partial charge in [0, 0.05) is 11.5 Å². The second-order valence-corrected chi connectivity index (χ2v) is 5.30. The smallest absolute Gasteiger partial charge is 0.331 e. The van der Waals surface area contributed by atoms with E-state index in [4.69, 9.17) is 0 Å². The van der Waals surface area contributed by atoms with Crippen molar-refractivity contribution in [2.24, 2.45) is 0 Å². The van der Waals surface area contributed by atoms with E-state index >= 15 is 0 Å². The van der Waals surface area contributed by atoms with E-state index in [1.165, 1.54) is 30.4 Å². The Hall–Kier alpha value is -2.14. The van der Waals surface area contributed by atoms with Crippen molar-refractivity contribution in [2.75, 3.05) is 6.61 Å². The van der Waals surface area contributed by atoms with E-state index in [0.717, 1.165) is 11.5 Å². The van der Waals surface area contributed by atoms with Crippen molar-refractivity contribution in [1.82, 2.24) is 0 Å². The maximum Gasteiger partial charge on any atom is 0.331 e. The van der Waals surface area contributed by atoms with Crippen molar-refractivity contribution in [3.63, 3.8) is 0 Å². The van der Waals surface area contributed by atoms with Gasteiger partial charge in [0.25, 0.3) is 0 Å². The fourth-order valence-electron chi connectivity index (χ4n) is 1.16. The monoisotopic (exact) mass is 278 g/mol. The summed E-state index contributed by atoms with van der Waals surface area (Å²) in [5.41, 5.74) is 0. The molecule has 1 aromatic carbocycles. The number of ether oxygens (including phenoxy) is 1. The number of carbonyl (C=O) groups excluding carboxylic acids is 1. The highest BCUT2D eigenvalue weighted by molar-refractivity contribution is 7.94. The van der Waals surface area contributed by atoms with Crippen LogP contribution in [0.2, 0.25) is 0 Å². The predicted molar refractivity (Wildman–Crippen MR) is 73.1 cm³/mol. The van der Waals surface area contributed by atoms with Crippen molar-refractivity contribution in [3.05, 3.63) is 66.6 Å². The molecule has 0 fully saturated rings. The second-order valence-electron chi connectivity index (χ2n) is 3.46. The van der Waals surface area contributed by atoms with Gasteiger partial charge in [-0.15, -0.1) is 0 Å². The number of hydrogen-bond donors (Lipinski definition) is 0.